The molecule has 4 N–H and O–H groups in total. The molecule has 3 rings (SSSR count). The summed E-state index contributed by atoms with van der Waals surface area (Å²) < 4.78 is 28.2. The second-order valence-electron chi connectivity index (χ2n) is 6.35. The molecular weight excluding hydrogens is 422 g/mol. The highest BCUT2D eigenvalue weighted by molar-refractivity contribution is 9.10. The lowest BCUT2D eigenvalue weighted by Crippen LogP contribution is -2.57. The molecule has 1 saturated heterocycles. The fraction of sp³-hybridized carbons (Fsp3) is 0.235. The van der Waals surface area contributed by atoms with E-state index < -0.39 is 21.4 Å². The lowest BCUT2D eigenvalue weighted by atomic mass is 9.83. The Labute approximate surface area is 160 Å². The van der Waals surface area contributed by atoms with Crippen molar-refractivity contribution in [3.8, 4) is 5.75 Å². The number of rotatable bonds is 4. The average molecular weight is 440 g/mol. The molecule has 1 aliphatic heterocycles. The van der Waals surface area contributed by atoms with Gasteiger partial charge in [-0.05, 0) is 42.3 Å². The van der Waals surface area contributed by atoms with Crippen LogP contribution in [0.2, 0.25) is 0 Å². The minimum atomic E-state index is -3.63. The first-order chi connectivity index (χ1) is 12.0. The summed E-state index contributed by atoms with van der Waals surface area (Å²) in [6.45, 7) is 1.66. The quantitative estimate of drug-likeness (QED) is 0.620. The third kappa shape index (κ3) is 3.61. The highest BCUT2D eigenvalue weighted by Crippen LogP contribution is 2.36. The normalized spacial score (nSPS) is 25.8. The van der Waals surface area contributed by atoms with Gasteiger partial charge < -0.3 is 9.50 Å². The molecule has 7 nitrogen and oxygen atoms in total. The van der Waals surface area contributed by atoms with Crippen LogP contribution in [0.5, 0.6) is 5.75 Å². The average Bonchev–Trinajstić information content (AvgIpc) is 2.76. The molecule has 0 aromatic heterocycles. The number of halogens is 1. The van der Waals surface area contributed by atoms with Crippen LogP contribution in [0.3, 0.4) is 0 Å². The summed E-state index contributed by atoms with van der Waals surface area (Å²) in [7, 11) is -3.63. The Bertz CT molecular complexity index is 960. The van der Waals surface area contributed by atoms with E-state index in [1.54, 1.807) is 19.1 Å². The summed E-state index contributed by atoms with van der Waals surface area (Å²) in [6.07, 6.45) is 0.968. The van der Waals surface area contributed by atoms with Crippen LogP contribution >= 0.6 is 15.9 Å². The highest BCUT2D eigenvalue weighted by Gasteiger charge is 2.52. The number of amides is 1. The summed E-state index contributed by atoms with van der Waals surface area (Å²) in [5, 5.41) is 5.90. The molecule has 1 amide bonds. The number of carbonyl (C=O) groups excluding carboxylic acids is 1. The van der Waals surface area contributed by atoms with Crippen molar-refractivity contribution in [1.29, 1.82) is 0 Å². The second kappa shape index (κ2) is 6.34. The van der Waals surface area contributed by atoms with Crippen LogP contribution in [0, 0.1) is 0 Å². The van der Waals surface area contributed by atoms with Gasteiger partial charge in [0, 0.05) is 4.47 Å². The first kappa shape index (κ1) is 18.8. The lowest BCUT2D eigenvalue weighted by molar-refractivity contribution is -0.123. The number of benzene rings is 2. The Morgan fingerprint density at radius 1 is 1.12 bits per heavy atom. The van der Waals surface area contributed by atoms with E-state index in [0.717, 1.165) is 10.7 Å². The van der Waals surface area contributed by atoms with Crippen LogP contribution in [0.1, 0.15) is 18.1 Å². The minimum Gasteiger partial charge on any atom is -0.383 e. The van der Waals surface area contributed by atoms with Crippen LogP contribution in [0.25, 0.3) is 0 Å². The third-order valence-electron chi connectivity index (χ3n) is 3.95. The first-order valence-corrected chi connectivity index (χ1v) is 10.3. The van der Waals surface area contributed by atoms with E-state index in [1.807, 2.05) is 24.3 Å². The van der Waals surface area contributed by atoms with Crippen LogP contribution < -0.4 is 20.6 Å². The Kier molecular flexibility index (Phi) is 4.60. The maximum Gasteiger partial charge on any atom is 0.306 e. The number of nitrogens with one attached hydrogen (secondary N) is 2. The molecule has 1 aliphatic rings. The van der Waals surface area contributed by atoms with Gasteiger partial charge in [-0.25, -0.2) is 0 Å². The Morgan fingerprint density at radius 3 is 2.27 bits per heavy atom. The van der Waals surface area contributed by atoms with E-state index >= 15 is 0 Å². The van der Waals surface area contributed by atoms with Gasteiger partial charge in [-0.2, -0.15) is 8.42 Å². The Balaban J connectivity index is 2.12. The molecule has 2 atom stereocenters. The van der Waals surface area contributed by atoms with Gasteiger partial charge in [0.15, 0.2) is 5.54 Å². The summed E-state index contributed by atoms with van der Waals surface area (Å²) in [5.41, 5.74) is 6.18. The van der Waals surface area contributed by atoms with Crippen molar-refractivity contribution in [1.82, 2.24) is 10.6 Å². The van der Waals surface area contributed by atoms with E-state index in [-0.39, 0.29) is 11.7 Å². The van der Waals surface area contributed by atoms with E-state index in [0.29, 0.717) is 11.1 Å². The summed E-state index contributed by atoms with van der Waals surface area (Å²) in [4.78, 5) is 12.9. The molecule has 2 aromatic carbocycles. The third-order valence-corrected chi connectivity index (χ3v) is 4.94. The molecule has 2 aromatic rings. The number of nitrogens with two attached hydrogens (primary N) is 1. The van der Waals surface area contributed by atoms with E-state index in [4.69, 9.17) is 9.92 Å². The smallest absolute Gasteiger partial charge is 0.306 e. The van der Waals surface area contributed by atoms with Crippen molar-refractivity contribution in [2.45, 2.75) is 18.2 Å². The van der Waals surface area contributed by atoms with Gasteiger partial charge in [0.05, 0.1) is 6.26 Å². The van der Waals surface area contributed by atoms with Crippen molar-refractivity contribution in [3.63, 3.8) is 0 Å². The van der Waals surface area contributed by atoms with Gasteiger partial charge in [-0.15, -0.1) is 0 Å². The summed E-state index contributed by atoms with van der Waals surface area (Å²) in [5.74, 6) is -1.26. The van der Waals surface area contributed by atoms with Gasteiger partial charge in [-0.3, -0.25) is 15.8 Å². The number of hydrogen-bond acceptors (Lipinski definition) is 6. The predicted molar refractivity (Wildman–Crippen MR) is 101 cm³/mol. The highest BCUT2D eigenvalue weighted by atomic mass is 79.9. The SMILES string of the molecule is CC1(N)NC(=O)C(c2ccc(OS(C)(=O)=O)cc2)(c2cccc(Br)c2)N1. The van der Waals surface area contributed by atoms with E-state index in [1.165, 1.54) is 12.1 Å². The first-order valence-electron chi connectivity index (χ1n) is 7.69. The zero-order valence-electron chi connectivity index (χ0n) is 14.1. The summed E-state index contributed by atoms with van der Waals surface area (Å²) >= 11 is 3.42. The zero-order chi connectivity index (χ0) is 19.2. The fourth-order valence-corrected chi connectivity index (χ4v) is 3.90. The molecule has 1 fully saturated rings. The van der Waals surface area contributed by atoms with Crippen molar-refractivity contribution in [3.05, 3.63) is 64.1 Å². The van der Waals surface area contributed by atoms with Crippen molar-refractivity contribution < 1.29 is 17.4 Å². The molecule has 0 bridgehead atoms. The maximum atomic E-state index is 12.9. The maximum absolute atomic E-state index is 12.9. The Morgan fingerprint density at radius 2 is 1.77 bits per heavy atom. The molecular formula is C17H18BrN3O4S. The predicted octanol–water partition coefficient (Wildman–Crippen LogP) is 1.38. The zero-order valence-corrected chi connectivity index (χ0v) is 16.5. The summed E-state index contributed by atoms with van der Waals surface area (Å²) in [6, 6.07) is 13.6. The Hall–Kier alpha value is -1.94. The molecule has 26 heavy (non-hydrogen) atoms. The van der Waals surface area contributed by atoms with Crippen LogP contribution in [0.15, 0.2) is 53.0 Å². The van der Waals surface area contributed by atoms with E-state index in [2.05, 4.69) is 26.6 Å². The topological polar surface area (TPSA) is 111 Å². The van der Waals surface area contributed by atoms with Crippen molar-refractivity contribution >= 4 is 32.0 Å². The van der Waals surface area contributed by atoms with Gasteiger partial charge in [0.1, 0.15) is 11.5 Å². The lowest BCUT2D eigenvalue weighted by Gasteiger charge is -2.30. The molecule has 9 heteroatoms. The largest absolute Gasteiger partial charge is 0.383 e. The molecule has 0 saturated carbocycles. The number of hydrogen-bond donors (Lipinski definition) is 3. The molecule has 0 spiro atoms. The van der Waals surface area contributed by atoms with Gasteiger partial charge in [-0.1, -0.05) is 40.2 Å². The monoisotopic (exact) mass is 439 g/mol. The van der Waals surface area contributed by atoms with Crippen molar-refractivity contribution in [2.75, 3.05) is 6.26 Å². The van der Waals surface area contributed by atoms with E-state index in [9.17, 15) is 13.2 Å². The van der Waals surface area contributed by atoms with Crippen LogP contribution in [-0.4, -0.2) is 26.4 Å². The van der Waals surface area contributed by atoms with Crippen molar-refractivity contribution in [2.24, 2.45) is 5.73 Å². The van der Waals surface area contributed by atoms with Crippen LogP contribution in [0.4, 0.5) is 0 Å². The molecule has 0 radical (unpaired) electrons. The van der Waals surface area contributed by atoms with Gasteiger partial charge in [0.2, 0.25) is 0 Å². The van der Waals surface area contributed by atoms with Gasteiger partial charge >= 0.3 is 10.1 Å². The molecule has 0 aliphatic carbocycles. The van der Waals surface area contributed by atoms with Gasteiger partial charge in [0.25, 0.3) is 5.91 Å². The van der Waals surface area contributed by atoms with Crippen LogP contribution in [-0.2, 0) is 20.5 Å². The molecule has 1 heterocycles. The molecule has 138 valence electrons. The second-order valence-corrected chi connectivity index (χ2v) is 8.84. The minimum absolute atomic E-state index is 0.162. The fourth-order valence-electron chi connectivity index (χ4n) is 3.04. The standard InChI is InChI=1S/C17H18BrN3O4S/c1-16(19)20-15(22)17(21-16,12-4-3-5-13(18)10-12)11-6-8-14(9-7-11)25-26(2,23)24/h3-10,21H,19H2,1-2H3,(H,20,22). The number of carbonyl (C=O) groups is 1. The molecule has 2 unspecified atom stereocenters.